The van der Waals surface area contributed by atoms with Gasteiger partial charge in [-0.1, -0.05) is 42.4 Å². The van der Waals surface area contributed by atoms with E-state index in [0.29, 0.717) is 35.0 Å². The van der Waals surface area contributed by atoms with Crippen molar-refractivity contribution < 1.29 is 9.32 Å². The summed E-state index contributed by atoms with van der Waals surface area (Å²) in [5.41, 5.74) is 2.92. The van der Waals surface area contributed by atoms with E-state index >= 15 is 0 Å². The standard InChI is InChI=1S/C18H17N3O2/c1-3-16-20-18(23-21-16)14-10-6-7-11-15(14)19-17(22)13-9-5-4-8-12(13)2/h4-11H,3H2,1-2H3,(H,19,22). The number of benzene rings is 2. The Bertz CT molecular complexity index is 840. The van der Waals surface area contributed by atoms with Gasteiger partial charge in [-0.05, 0) is 30.7 Å². The molecule has 1 heterocycles. The molecule has 116 valence electrons. The molecular formula is C18H17N3O2. The zero-order valence-electron chi connectivity index (χ0n) is 13.0. The maximum Gasteiger partial charge on any atom is 0.260 e. The third-order valence-corrected chi connectivity index (χ3v) is 3.58. The van der Waals surface area contributed by atoms with Gasteiger partial charge in [-0.25, -0.2) is 0 Å². The molecule has 1 amide bonds. The largest absolute Gasteiger partial charge is 0.334 e. The average Bonchev–Trinajstić information content (AvgIpc) is 3.04. The molecule has 3 rings (SSSR count). The molecule has 0 atom stereocenters. The third kappa shape index (κ3) is 3.13. The van der Waals surface area contributed by atoms with Gasteiger partial charge >= 0.3 is 0 Å². The maximum absolute atomic E-state index is 12.5. The summed E-state index contributed by atoms with van der Waals surface area (Å²) in [5, 5.41) is 6.83. The average molecular weight is 307 g/mol. The van der Waals surface area contributed by atoms with Crippen molar-refractivity contribution in [2.24, 2.45) is 0 Å². The van der Waals surface area contributed by atoms with Crippen LogP contribution in [0, 0.1) is 6.92 Å². The summed E-state index contributed by atoms with van der Waals surface area (Å²) in [5.74, 6) is 0.883. The molecule has 0 saturated heterocycles. The van der Waals surface area contributed by atoms with Crippen molar-refractivity contribution in [3.63, 3.8) is 0 Å². The van der Waals surface area contributed by atoms with Gasteiger partial charge in [-0.2, -0.15) is 4.98 Å². The predicted octanol–water partition coefficient (Wildman–Crippen LogP) is 3.86. The van der Waals surface area contributed by atoms with Crippen LogP contribution in [0.3, 0.4) is 0 Å². The molecule has 1 N–H and O–H groups in total. The molecule has 0 unspecified atom stereocenters. The van der Waals surface area contributed by atoms with Gasteiger partial charge in [0, 0.05) is 12.0 Å². The minimum Gasteiger partial charge on any atom is -0.334 e. The number of aryl methyl sites for hydroxylation is 2. The first-order chi connectivity index (χ1) is 11.2. The van der Waals surface area contributed by atoms with Gasteiger partial charge in [0.25, 0.3) is 11.8 Å². The second-order valence-electron chi connectivity index (χ2n) is 5.18. The number of anilines is 1. The Morgan fingerprint density at radius 1 is 1.13 bits per heavy atom. The summed E-state index contributed by atoms with van der Waals surface area (Å²) in [4.78, 5) is 16.8. The van der Waals surface area contributed by atoms with Crippen molar-refractivity contribution in [1.82, 2.24) is 10.1 Å². The van der Waals surface area contributed by atoms with Crippen LogP contribution in [-0.2, 0) is 6.42 Å². The lowest BCUT2D eigenvalue weighted by Crippen LogP contribution is -2.13. The molecule has 3 aromatic rings. The topological polar surface area (TPSA) is 68.0 Å². The van der Waals surface area contributed by atoms with Crippen LogP contribution in [-0.4, -0.2) is 16.0 Å². The number of nitrogens with zero attached hydrogens (tertiary/aromatic N) is 2. The Morgan fingerprint density at radius 3 is 2.61 bits per heavy atom. The number of amides is 1. The lowest BCUT2D eigenvalue weighted by atomic mass is 10.1. The summed E-state index contributed by atoms with van der Waals surface area (Å²) < 4.78 is 5.28. The van der Waals surface area contributed by atoms with Crippen LogP contribution in [0.2, 0.25) is 0 Å². The number of hydrogen-bond acceptors (Lipinski definition) is 4. The highest BCUT2D eigenvalue weighted by Gasteiger charge is 2.15. The Kier molecular flexibility index (Phi) is 4.19. The zero-order chi connectivity index (χ0) is 16.2. The molecule has 0 aliphatic heterocycles. The van der Waals surface area contributed by atoms with E-state index in [0.717, 1.165) is 5.56 Å². The number of carbonyl (C=O) groups excluding carboxylic acids is 1. The molecule has 5 heteroatoms. The highest BCUT2D eigenvalue weighted by atomic mass is 16.5. The van der Waals surface area contributed by atoms with E-state index in [-0.39, 0.29) is 5.91 Å². The molecule has 0 radical (unpaired) electrons. The Balaban J connectivity index is 1.92. The predicted molar refractivity (Wildman–Crippen MR) is 88.2 cm³/mol. The van der Waals surface area contributed by atoms with Crippen LogP contribution in [0.1, 0.15) is 28.7 Å². The Morgan fingerprint density at radius 2 is 1.87 bits per heavy atom. The SMILES string of the molecule is CCc1noc(-c2ccccc2NC(=O)c2ccccc2C)n1. The van der Waals surface area contributed by atoms with Gasteiger partial charge in [0.1, 0.15) is 0 Å². The smallest absolute Gasteiger partial charge is 0.260 e. The maximum atomic E-state index is 12.5. The summed E-state index contributed by atoms with van der Waals surface area (Å²) >= 11 is 0. The molecule has 5 nitrogen and oxygen atoms in total. The number of hydrogen-bond donors (Lipinski definition) is 1. The second kappa shape index (κ2) is 6.44. The minimum atomic E-state index is -0.161. The first kappa shape index (κ1) is 15.0. The molecule has 2 aromatic carbocycles. The number of nitrogens with one attached hydrogen (secondary N) is 1. The number of aromatic nitrogens is 2. The summed E-state index contributed by atoms with van der Waals surface area (Å²) in [6.45, 7) is 3.87. The van der Waals surface area contributed by atoms with Gasteiger partial charge in [-0.3, -0.25) is 4.79 Å². The lowest BCUT2D eigenvalue weighted by Gasteiger charge is -2.10. The van der Waals surface area contributed by atoms with Crippen LogP contribution >= 0.6 is 0 Å². The van der Waals surface area contributed by atoms with Crippen LogP contribution in [0.4, 0.5) is 5.69 Å². The van der Waals surface area contributed by atoms with E-state index < -0.39 is 0 Å². The van der Waals surface area contributed by atoms with E-state index in [9.17, 15) is 4.79 Å². The van der Waals surface area contributed by atoms with Crippen molar-refractivity contribution in [3.05, 3.63) is 65.5 Å². The molecule has 0 bridgehead atoms. The van der Waals surface area contributed by atoms with E-state index in [1.807, 2.05) is 56.3 Å². The minimum absolute atomic E-state index is 0.161. The molecule has 23 heavy (non-hydrogen) atoms. The molecule has 1 aromatic heterocycles. The van der Waals surface area contributed by atoms with Crippen LogP contribution in [0.15, 0.2) is 53.1 Å². The molecule has 0 fully saturated rings. The number of carbonyl (C=O) groups is 1. The van der Waals surface area contributed by atoms with E-state index in [1.54, 1.807) is 6.07 Å². The van der Waals surface area contributed by atoms with E-state index in [1.165, 1.54) is 0 Å². The Hall–Kier alpha value is -2.95. The number of para-hydroxylation sites is 1. The van der Waals surface area contributed by atoms with E-state index in [4.69, 9.17) is 4.52 Å². The van der Waals surface area contributed by atoms with Crippen molar-refractivity contribution in [2.75, 3.05) is 5.32 Å². The molecular weight excluding hydrogens is 290 g/mol. The van der Waals surface area contributed by atoms with Crippen LogP contribution in [0.25, 0.3) is 11.5 Å². The van der Waals surface area contributed by atoms with Gasteiger partial charge in [0.15, 0.2) is 5.82 Å². The van der Waals surface area contributed by atoms with Crippen molar-refractivity contribution in [2.45, 2.75) is 20.3 Å². The first-order valence-corrected chi connectivity index (χ1v) is 7.48. The fourth-order valence-corrected chi connectivity index (χ4v) is 2.30. The summed E-state index contributed by atoms with van der Waals surface area (Å²) in [7, 11) is 0. The van der Waals surface area contributed by atoms with E-state index in [2.05, 4.69) is 15.5 Å². The number of rotatable bonds is 4. The normalized spacial score (nSPS) is 10.5. The van der Waals surface area contributed by atoms with Gasteiger partial charge < -0.3 is 9.84 Å². The fourth-order valence-electron chi connectivity index (χ4n) is 2.30. The van der Waals surface area contributed by atoms with Crippen molar-refractivity contribution in [3.8, 4) is 11.5 Å². The molecule has 0 aliphatic rings. The van der Waals surface area contributed by atoms with Crippen molar-refractivity contribution >= 4 is 11.6 Å². The summed E-state index contributed by atoms with van der Waals surface area (Å²) in [6.07, 6.45) is 0.696. The Labute approximate surface area is 134 Å². The fraction of sp³-hybridized carbons (Fsp3) is 0.167. The van der Waals surface area contributed by atoms with Gasteiger partial charge in [-0.15, -0.1) is 0 Å². The van der Waals surface area contributed by atoms with Gasteiger partial charge in [0.05, 0.1) is 11.3 Å². The quantitative estimate of drug-likeness (QED) is 0.794. The zero-order valence-corrected chi connectivity index (χ0v) is 13.0. The molecule has 0 saturated carbocycles. The van der Waals surface area contributed by atoms with Crippen molar-refractivity contribution in [1.29, 1.82) is 0 Å². The third-order valence-electron chi connectivity index (χ3n) is 3.58. The van der Waals surface area contributed by atoms with Crippen LogP contribution in [0.5, 0.6) is 0 Å². The lowest BCUT2D eigenvalue weighted by molar-refractivity contribution is 0.102. The molecule has 0 spiro atoms. The van der Waals surface area contributed by atoms with Gasteiger partial charge in [0.2, 0.25) is 0 Å². The first-order valence-electron chi connectivity index (χ1n) is 7.48. The summed E-state index contributed by atoms with van der Waals surface area (Å²) in [6, 6.07) is 14.9. The van der Waals surface area contributed by atoms with Crippen LogP contribution < -0.4 is 5.32 Å². The second-order valence-corrected chi connectivity index (χ2v) is 5.18. The molecule has 0 aliphatic carbocycles. The monoisotopic (exact) mass is 307 g/mol. The highest BCUT2D eigenvalue weighted by molar-refractivity contribution is 6.06. The highest BCUT2D eigenvalue weighted by Crippen LogP contribution is 2.27.